The zero-order valence-corrected chi connectivity index (χ0v) is 11.7. The Balaban J connectivity index is 2.45. The average molecular weight is 269 g/mol. The Labute approximate surface area is 117 Å². The van der Waals surface area contributed by atoms with Gasteiger partial charge >= 0.3 is 0 Å². The van der Waals surface area contributed by atoms with Crippen molar-refractivity contribution in [3.63, 3.8) is 0 Å². The fourth-order valence-electron chi connectivity index (χ4n) is 1.94. The van der Waals surface area contributed by atoms with Gasteiger partial charge in [-0.2, -0.15) is 9.83 Å². The Morgan fingerprint density at radius 1 is 1.40 bits per heavy atom. The molecule has 5 heteroatoms. The highest BCUT2D eigenvalue weighted by Gasteiger charge is 2.17. The minimum absolute atomic E-state index is 0.160. The van der Waals surface area contributed by atoms with E-state index in [1.54, 1.807) is 46.2 Å². The van der Waals surface area contributed by atoms with Gasteiger partial charge in [-0.3, -0.25) is 9.78 Å². The molecule has 2 aromatic rings. The summed E-state index contributed by atoms with van der Waals surface area (Å²) in [5.41, 5.74) is 0.503. The normalized spacial score (nSPS) is 10.5. The predicted octanol–water partition coefficient (Wildman–Crippen LogP) is 1.44. The Morgan fingerprint density at radius 3 is 2.70 bits per heavy atom. The molecule has 0 N–H and O–H groups in total. The van der Waals surface area contributed by atoms with Gasteiger partial charge in [0.2, 0.25) is 5.69 Å². The van der Waals surface area contributed by atoms with Gasteiger partial charge in [0.1, 0.15) is 6.07 Å². The van der Waals surface area contributed by atoms with E-state index in [2.05, 4.69) is 18.8 Å². The van der Waals surface area contributed by atoms with Crippen molar-refractivity contribution >= 4 is 0 Å². The maximum atomic E-state index is 12.3. The molecule has 0 aliphatic heterocycles. The molecule has 2 rings (SSSR count). The van der Waals surface area contributed by atoms with Crippen LogP contribution < -0.4 is 10.1 Å². The highest BCUT2D eigenvalue weighted by atomic mass is 16.1. The molecule has 2 aromatic heterocycles. The second-order valence-electron chi connectivity index (χ2n) is 5.02. The summed E-state index contributed by atoms with van der Waals surface area (Å²) in [5, 5.41) is 9.27. The Morgan fingerprint density at radius 2 is 2.10 bits per heavy atom. The van der Waals surface area contributed by atoms with Gasteiger partial charge in [0.05, 0.1) is 12.4 Å². The lowest BCUT2D eigenvalue weighted by Gasteiger charge is -2.08. The molecule has 0 bridgehead atoms. The van der Waals surface area contributed by atoms with Crippen LogP contribution in [-0.2, 0) is 6.54 Å². The highest BCUT2D eigenvalue weighted by Crippen LogP contribution is 2.05. The van der Waals surface area contributed by atoms with Crippen LogP contribution in [0.5, 0.6) is 0 Å². The van der Waals surface area contributed by atoms with Crippen molar-refractivity contribution in [2.75, 3.05) is 0 Å². The molecule has 5 nitrogen and oxygen atoms in total. The van der Waals surface area contributed by atoms with E-state index in [9.17, 15) is 10.1 Å². The minimum Gasteiger partial charge on any atom is -0.314 e. The molecule has 0 spiro atoms. The van der Waals surface area contributed by atoms with E-state index in [0.717, 1.165) is 6.42 Å². The molecule has 0 fully saturated rings. The SMILES string of the molecule is CC(C)CCn1ccc(-[n+]2ccncc2)c(C#N)c1=O. The number of hydrogen-bond acceptors (Lipinski definition) is 3. The molecule has 0 aliphatic carbocycles. The van der Waals surface area contributed by atoms with Gasteiger partial charge in [0.15, 0.2) is 18.0 Å². The summed E-state index contributed by atoms with van der Waals surface area (Å²) in [5.74, 6) is 0.515. The fourth-order valence-corrected chi connectivity index (χ4v) is 1.94. The summed E-state index contributed by atoms with van der Waals surface area (Å²) >= 11 is 0. The van der Waals surface area contributed by atoms with E-state index in [0.29, 0.717) is 18.2 Å². The van der Waals surface area contributed by atoms with Crippen LogP contribution in [0.1, 0.15) is 25.8 Å². The van der Waals surface area contributed by atoms with Crippen LogP contribution in [0.25, 0.3) is 5.69 Å². The van der Waals surface area contributed by atoms with Crippen LogP contribution in [0.2, 0.25) is 0 Å². The zero-order valence-electron chi connectivity index (χ0n) is 11.7. The monoisotopic (exact) mass is 269 g/mol. The molecule has 0 unspecified atom stereocenters. The van der Waals surface area contributed by atoms with Crippen LogP contribution in [0, 0.1) is 17.2 Å². The molecule has 0 amide bonds. The van der Waals surface area contributed by atoms with Crippen molar-refractivity contribution in [1.29, 1.82) is 5.26 Å². The van der Waals surface area contributed by atoms with Gasteiger partial charge < -0.3 is 4.57 Å². The van der Waals surface area contributed by atoms with E-state index >= 15 is 0 Å². The number of hydrogen-bond donors (Lipinski definition) is 0. The minimum atomic E-state index is -0.241. The lowest BCUT2D eigenvalue weighted by atomic mass is 10.1. The number of nitriles is 1. The van der Waals surface area contributed by atoms with Crippen molar-refractivity contribution in [3.05, 3.63) is 53.0 Å². The molecule has 0 saturated heterocycles. The van der Waals surface area contributed by atoms with Crippen LogP contribution in [0.4, 0.5) is 0 Å². The maximum Gasteiger partial charge on any atom is 0.275 e. The Hall–Kier alpha value is -2.48. The van der Waals surface area contributed by atoms with Crippen LogP contribution in [0.15, 0.2) is 41.8 Å². The summed E-state index contributed by atoms with van der Waals surface area (Å²) in [7, 11) is 0. The van der Waals surface area contributed by atoms with Gasteiger partial charge in [-0.05, 0) is 12.3 Å². The first-order chi connectivity index (χ1) is 9.63. The van der Waals surface area contributed by atoms with Gasteiger partial charge in [0.25, 0.3) is 5.56 Å². The largest absolute Gasteiger partial charge is 0.314 e. The number of pyridine rings is 1. The standard InChI is InChI=1S/C15H17N4O/c1-12(2)3-7-19-8-4-14(13(11-16)15(19)20)18-9-5-17-6-10-18/h4-6,8-10,12H,3,7H2,1-2H3/q+1. The predicted molar refractivity (Wildman–Crippen MR) is 74.2 cm³/mol. The van der Waals surface area contributed by atoms with E-state index in [1.807, 2.05) is 6.07 Å². The fraction of sp³-hybridized carbons (Fsp3) is 0.333. The lowest BCUT2D eigenvalue weighted by molar-refractivity contribution is -0.596. The topological polar surface area (TPSA) is 62.6 Å². The second kappa shape index (κ2) is 6.11. The van der Waals surface area contributed by atoms with Crippen LogP contribution in [0.3, 0.4) is 0 Å². The average Bonchev–Trinajstić information content (AvgIpc) is 2.46. The molecular weight excluding hydrogens is 252 g/mol. The molecular formula is C15H17N4O+. The van der Waals surface area contributed by atoms with Gasteiger partial charge in [-0.15, -0.1) is 0 Å². The van der Waals surface area contributed by atoms with Crippen LogP contribution in [-0.4, -0.2) is 9.55 Å². The number of nitrogens with zero attached hydrogens (tertiary/aromatic N) is 4. The second-order valence-corrected chi connectivity index (χ2v) is 5.02. The maximum absolute atomic E-state index is 12.3. The van der Waals surface area contributed by atoms with Gasteiger partial charge in [0, 0.05) is 18.8 Å². The Bertz CT molecular complexity index is 683. The van der Waals surface area contributed by atoms with Crippen molar-refractivity contribution in [3.8, 4) is 11.8 Å². The molecule has 2 heterocycles. The van der Waals surface area contributed by atoms with Crippen LogP contribution >= 0.6 is 0 Å². The molecule has 102 valence electrons. The van der Waals surface area contributed by atoms with E-state index < -0.39 is 0 Å². The molecule has 0 atom stereocenters. The van der Waals surface area contributed by atoms with Gasteiger partial charge in [-0.1, -0.05) is 13.8 Å². The first-order valence-electron chi connectivity index (χ1n) is 6.58. The molecule has 0 aromatic carbocycles. The summed E-state index contributed by atoms with van der Waals surface area (Å²) in [4.78, 5) is 16.2. The molecule has 20 heavy (non-hydrogen) atoms. The summed E-state index contributed by atoms with van der Waals surface area (Å²) in [6.07, 6.45) is 9.32. The highest BCUT2D eigenvalue weighted by molar-refractivity contribution is 5.40. The van der Waals surface area contributed by atoms with Crippen molar-refractivity contribution in [1.82, 2.24) is 9.55 Å². The van der Waals surface area contributed by atoms with E-state index in [-0.39, 0.29) is 11.1 Å². The molecule has 0 radical (unpaired) electrons. The quantitative estimate of drug-likeness (QED) is 0.789. The summed E-state index contributed by atoms with van der Waals surface area (Å²) < 4.78 is 3.32. The third-order valence-electron chi connectivity index (χ3n) is 3.11. The number of aromatic nitrogens is 3. The van der Waals surface area contributed by atoms with Crippen molar-refractivity contribution in [2.45, 2.75) is 26.8 Å². The summed E-state index contributed by atoms with van der Waals surface area (Å²) in [6, 6.07) is 3.81. The van der Waals surface area contributed by atoms with E-state index in [1.165, 1.54) is 0 Å². The Kier molecular flexibility index (Phi) is 4.26. The first-order valence-corrected chi connectivity index (χ1v) is 6.58. The van der Waals surface area contributed by atoms with Crippen molar-refractivity contribution < 1.29 is 4.57 Å². The van der Waals surface area contributed by atoms with E-state index in [4.69, 9.17) is 0 Å². The van der Waals surface area contributed by atoms with Crippen molar-refractivity contribution in [2.24, 2.45) is 5.92 Å². The third kappa shape index (κ3) is 2.91. The zero-order chi connectivity index (χ0) is 14.5. The molecule has 0 aliphatic rings. The van der Waals surface area contributed by atoms with Gasteiger partial charge in [-0.25, -0.2) is 0 Å². The third-order valence-corrected chi connectivity index (χ3v) is 3.11. The molecule has 0 saturated carbocycles. The first kappa shape index (κ1) is 13.9. The number of rotatable bonds is 4. The number of aryl methyl sites for hydroxylation is 1. The smallest absolute Gasteiger partial charge is 0.275 e. The summed E-state index contributed by atoms with van der Waals surface area (Å²) in [6.45, 7) is 4.85. The lowest BCUT2D eigenvalue weighted by Crippen LogP contribution is -2.35.